The number of fused-ring (bicyclic) bond motifs is 3. The van der Waals surface area contributed by atoms with Crippen molar-refractivity contribution in [1.82, 2.24) is 18.7 Å². The van der Waals surface area contributed by atoms with Crippen LogP contribution in [-0.4, -0.2) is 24.4 Å². The largest absolute Gasteiger partial charge is 0.332 e. The number of aromatic nitrogens is 4. The molecule has 0 spiro atoms. The van der Waals surface area contributed by atoms with Gasteiger partial charge in [0.25, 0.3) is 5.56 Å². The van der Waals surface area contributed by atoms with Crippen LogP contribution in [0.15, 0.2) is 32.9 Å². The van der Waals surface area contributed by atoms with E-state index in [1.54, 1.807) is 17.7 Å². The van der Waals surface area contributed by atoms with E-state index in [1.165, 1.54) is 28.8 Å². The van der Waals surface area contributed by atoms with Crippen LogP contribution in [0.25, 0.3) is 11.2 Å². The Bertz CT molecular complexity index is 1250. The van der Waals surface area contributed by atoms with Crippen LogP contribution < -0.4 is 16.3 Å². The molecule has 0 amide bonds. The number of imidazole rings is 1. The molecular formula is C18H18ClFN6O2. The molecule has 0 aliphatic carbocycles. The highest BCUT2D eigenvalue weighted by atomic mass is 35.5. The Morgan fingerprint density at radius 1 is 1.21 bits per heavy atom. The Labute approximate surface area is 164 Å². The Morgan fingerprint density at radius 3 is 2.61 bits per heavy atom. The molecule has 1 unspecified atom stereocenters. The average molecular weight is 405 g/mol. The average Bonchev–Trinajstić information content (AvgIpc) is 3.06. The molecule has 3 heterocycles. The van der Waals surface area contributed by atoms with E-state index in [2.05, 4.69) is 10.1 Å². The van der Waals surface area contributed by atoms with Crippen LogP contribution in [0.1, 0.15) is 25.5 Å². The minimum Gasteiger partial charge on any atom is -0.294 e. The SMILES string of the molecule is CC1=NN(Cc2c(F)cccc2Cl)c2nc3c(c(=O)n(C)c(=O)n3C)n2C1C. The van der Waals surface area contributed by atoms with Crippen molar-refractivity contribution in [1.29, 1.82) is 0 Å². The number of anilines is 1. The van der Waals surface area contributed by atoms with Gasteiger partial charge in [0.05, 0.1) is 18.3 Å². The lowest BCUT2D eigenvalue weighted by atomic mass is 10.2. The fourth-order valence-electron chi connectivity index (χ4n) is 3.40. The summed E-state index contributed by atoms with van der Waals surface area (Å²) in [5.74, 6) is -0.101. The predicted octanol–water partition coefficient (Wildman–Crippen LogP) is 2.18. The summed E-state index contributed by atoms with van der Waals surface area (Å²) < 4.78 is 18.4. The fraction of sp³-hybridized carbons (Fsp3) is 0.333. The van der Waals surface area contributed by atoms with E-state index in [0.29, 0.717) is 11.5 Å². The zero-order chi connectivity index (χ0) is 20.3. The lowest BCUT2D eigenvalue weighted by molar-refractivity contribution is 0.592. The molecule has 1 aliphatic rings. The van der Waals surface area contributed by atoms with Crippen molar-refractivity contribution in [3.63, 3.8) is 0 Å². The molecule has 10 heteroatoms. The van der Waals surface area contributed by atoms with Gasteiger partial charge in [-0.2, -0.15) is 10.1 Å². The summed E-state index contributed by atoms with van der Waals surface area (Å²) in [6.45, 7) is 3.75. The molecule has 4 rings (SSSR count). The Kier molecular flexibility index (Phi) is 4.15. The van der Waals surface area contributed by atoms with Crippen molar-refractivity contribution in [2.24, 2.45) is 19.2 Å². The highest BCUT2D eigenvalue weighted by molar-refractivity contribution is 6.31. The standard InChI is InChI=1S/C18H18ClFN6O2/c1-9-10(2)26-14-15(23(3)18(28)24(4)16(14)27)21-17(26)25(22-9)8-11-12(19)6-5-7-13(11)20/h5-7,10H,8H2,1-4H3. The van der Waals surface area contributed by atoms with Crippen LogP contribution in [0.5, 0.6) is 0 Å². The number of rotatable bonds is 2. The summed E-state index contributed by atoms with van der Waals surface area (Å²) in [4.78, 5) is 29.6. The van der Waals surface area contributed by atoms with Crippen LogP contribution in [0, 0.1) is 5.82 Å². The van der Waals surface area contributed by atoms with Crippen LogP contribution in [-0.2, 0) is 20.6 Å². The first-order valence-electron chi connectivity index (χ1n) is 8.65. The molecule has 0 saturated heterocycles. The quantitative estimate of drug-likeness (QED) is 0.656. The Hall–Kier alpha value is -2.94. The van der Waals surface area contributed by atoms with Gasteiger partial charge in [-0.05, 0) is 26.0 Å². The molecular weight excluding hydrogens is 387 g/mol. The third kappa shape index (κ3) is 2.50. The zero-order valence-corrected chi connectivity index (χ0v) is 16.5. The second-order valence-electron chi connectivity index (χ2n) is 6.83. The molecule has 1 aromatic carbocycles. The molecule has 0 radical (unpaired) electrons. The van der Waals surface area contributed by atoms with Gasteiger partial charge in [-0.1, -0.05) is 17.7 Å². The van der Waals surface area contributed by atoms with Crippen molar-refractivity contribution in [3.8, 4) is 0 Å². The Morgan fingerprint density at radius 2 is 1.93 bits per heavy atom. The second-order valence-corrected chi connectivity index (χ2v) is 7.24. The van der Waals surface area contributed by atoms with Gasteiger partial charge in [0.15, 0.2) is 11.2 Å². The van der Waals surface area contributed by atoms with Gasteiger partial charge >= 0.3 is 5.69 Å². The van der Waals surface area contributed by atoms with Crippen molar-refractivity contribution in [2.75, 3.05) is 5.01 Å². The number of nitrogens with zero attached hydrogens (tertiary/aromatic N) is 6. The molecule has 146 valence electrons. The van der Waals surface area contributed by atoms with Crippen LogP contribution in [0.2, 0.25) is 5.02 Å². The molecule has 1 aliphatic heterocycles. The molecule has 1 atom stereocenters. The van der Waals surface area contributed by atoms with E-state index < -0.39 is 17.1 Å². The third-order valence-electron chi connectivity index (χ3n) is 5.14. The maximum absolute atomic E-state index is 14.3. The smallest absolute Gasteiger partial charge is 0.294 e. The fourth-order valence-corrected chi connectivity index (χ4v) is 3.62. The summed E-state index contributed by atoms with van der Waals surface area (Å²) >= 11 is 6.17. The van der Waals surface area contributed by atoms with Crippen molar-refractivity contribution >= 4 is 34.4 Å². The number of hydrogen-bond acceptors (Lipinski definition) is 5. The van der Waals surface area contributed by atoms with E-state index in [1.807, 2.05) is 13.8 Å². The third-order valence-corrected chi connectivity index (χ3v) is 5.50. The highest BCUT2D eigenvalue weighted by Crippen LogP contribution is 2.32. The van der Waals surface area contributed by atoms with E-state index in [9.17, 15) is 14.0 Å². The van der Waals surface area contributed by atoms with E-state index in [-0.39, 0.29) is 28.8 Å². The van der Waals surface area contributed by atoms with Gasteiger partial charge in [-0.15, -0.1) is 0 Å². The predicted molar refractivity (Wildman–Crippen MR) is 106 cm³/mol. The van der Waals surface area contributed by atoms with Crippen LogP contribution in [0.4, 0.5) is 10.3 Å². The van der Waals surface area contributed by atoms with Gasteiger partial charge in [-0.25, -0.2) is 14.2 Å². The van der Waals surface area contributed by atoms with Crippen molar-refractivity contribution in [3.05, 3.63) is 55.4 Å². The topological polar surface area (TPSA) is 77.4 Å². The number of hydrazone groups is 1. The first-order chi connectivity index (χ1) is 13.2. The van der Waals surface area contributed by atoms with Crippen molar-refractivity contribution < 1.29 is 4.39 Å². The summed E-state index contributed by atoms with van der Waals surface area (Å²) in [5.41, 5.74) is 0.630. The maximum atomic E-state index is 14.3. The number of aryl methyl sites for hydroxylation is 1. The minimum atomic E-state index is -0.470. The molecule has 0 bridgehead atoms. The minimum absolute atomic E-state index is 0.0349. The molecule has 0 saturated carbocycles. The number of halogens is 2. The van der Waals surface area contributed by atoms with Crippen LogP contribution in [0.3, 0.4) is 0 Å². The first-order valence-corrected chi connectivity index (χ1v) is 9.03. The number of benzene rings is 1. The highest BCUT2D eigenvalue weighted by Gasteiger charge is 2.31. The molecule has 0 N–H and O–H groups in total. The van der Waals surface area contributed by atoms with Gasteiger partial charge < -0.3 is 0 Å². The summed E-state index contributed by atoms with van der Waals surface area (Å²) in [6.07, 6.45) is 0. The summed E-state index contributed by atoms with van der Waals surface area (Å²) in [7, 11) is 2.98. The van der Waals surface area contributed by atoms with Gasteiger partial charge in [-0.3, -0.25) is 18.5 Å². The zero-order valence-electron chi connectivity index (χ0n) is 15.8. The molecule has 3 aromatic rings. The van der Waals surface area contributed by atoms with Crippen LogP contribution >= 0.6 is 11.6 Å². The van der Waals surface area contributed by atoms with E-state index in [0.717, 1.165) is 10.3 Å². The molecule has 8 nitrogen and oxygen atoms in total. The first kappa shape index (κ1) is 18.4. The van der Waals surface area contributed by atoms with Gasteiger partial charge in [0.2, 0.25) is 5.95 Å². The molecule has 0 fully saturated rings. The lowest BCUT2D eigenvalue weighted by Crippen LogP contribution is -2.38. The molecule has 28 heavy (non-hydrogen) atoms. The van der Waals surface area contributed by atoms with Gasteiger partial charge in [0.1, 0.15) is 5.82 Å². The maximum Gasteiger partial charge on any atom is 0.332 e. The van der Waals surface area contributed by atoms with E-state index >= 15 is 0 Å². The van der Waals surface area contributed by atoms with Gasteiger partial charge in [0, 0.05) is 24.7 Å². The monoisotopic (exact) mass is 404 g/mol. The summed E-state index contributed by atoms with van der Waals surface area (Å²) in [5, 5.41) is 6.31. The summed E-state index contributed by atoms with van der Waals surface area (Å²) in [6, 6.07) is 4.21. The normalized spacial score (nSPS) is 16.4. The second kappa shape index (κ2) is 6.30. The van der Waals surface area contributed by atoms with Crippen molar-refractivity contribution in [2.45, 2.75) is 26.4 Å². The van der Waals surface area contributed by atoms with E-state index in [4.69, 9.17) is 11.6 Å². The molecule has 2 aromatic heterocycles. The number of hydrogen-bond donors (Lipinski definition) is 0. The lowest BCUT2D eigenvalue weighted by Gasteiger charge is -2.29. The Balaban J connectivity index is 1.99.